The van der Waals surface area contributed by atoms with Gasteiger partial charge in [-0.2, -0.15) is 5.10 Å². The van der Waals surface area contributed by atoms with Crippen molar-refractivity contribution in [1.82, 2.24) is 15.1 Å². The maximum atomic E-state index is 4.61. The maximum absolute atomic E-state index is 4.61. The van der Waals surface area contributed by atoms with Crippen molar-refractivity contribution in [3.8, 4) is 0 Å². The predicted octanol–water partition coefficient (Wildman–Crippen LogP) is 2.01. The Labute approximate surface area is 91.9 Å². The first-order valence-electron chi connectivity index (χ1n) is 5.84. The van der Waals surface area contributed by atoms with E-state index >= 15 is 0 Å². The van der Waals surface area contributed by atoms with Crippen LogP contribution in [0.5, 0.6) is 0 Å². The summed E-state index contributed by atoms with van der Waals surface area (Å²) in [7, 11) is 2.03. The van der Waals surface area contributed by atoms with Gasteiger partial charge < -0.3 is 5.32 Å². The molecule has 0 radical (unpaired) electrons. The van der Waals surface area contributed by atoms with Crippen molar-refractivity contribution < 1.29 is 0 Å². The maximum Gasteiger partial charge on any atom is 0.0630 e. The Balaban J connectivity index is 1.99. The van der Waals surface area contributed by atoms with Crippen LogP contribution in [0, 0.1) is 5.41 Å². The van der Waals surface area contributed by atoms with Crippen molar-refractivity contribution in [2.45, 2.75) is 39.2 Å². The second-order valence-electron chi connectivity index (χ2n) is 5.09. The molecule has 1 aromatic rings. The zero-order valence-electron chi connectivity index (χ0n) is 9.95. The summed E-state index contributed by atoms with van der Waals surface area (Å²) < 4.78 is 2.05. The smallest absolute Gasteiger partial charge is 0.0630 e. The first-order valence-corrected chi connectivity index (χ1v) is 5.84. The number of hydrogen-bond acceptors (Lipinski definition) is 2. The fourth-order valence-electron chi connectivity index (χ4n) is 2.11. The van der Waals surface area contributed by atoms with Gasteiger partial charge in [-0.3, -0.25) is 4.68 Å². The average molecular weight is 207 g/mol. The first kappa shape index (κ1) is 10.7. The van der Waals surface area contributed by atoms with Gasteiger partial charge >= 0.3 is 0 Å². The van der Waals surface area contributed by atoms with Gasteiger partial charge in [-0.25, -0.2) is 0 Å². The fourth-order valence-corrected chi connectivity index (χ4v) is 2.11. The summed E-state index contributed by atoms with van der Waals surface area (Å²) in [6, 6.07) is 2.63. The molecule has 1 aliphatic carbocycles. The van der Waals surface area contributed by atoms with Crippen molar-refractivity contribution in [1.29, 1.82) is 0 Å². The minimum Gasteiger partial charge on any atom is -0.319 e. The molecule has 0 spiro atoms. The lowest BCUT2D eigenvalue weighted by Crippen LogP contribution is -2.22. The van der Waals surface area contributed by atoms with Gasteiger partial charge in [-0.05, 0) is 51.6 Å². The molecular formula is C12H21N3. The van der Waals surface area contributed by atoms with Crippen LogP contribution in [-0.2, 0) is 6.42 Å². The summed E-state index contributed by atoms with van der Waals surface area (Å²) in [5.74, 6) is 0. The lowest BCUT2D eigenvalue weighted by atomic mass is 10.0. The SMILES string of the molecule is CNCC1(Cc2ccn(C(C)C)n2)CC1. The molecule has 1 aromatic heterocycles. The van der Waals surface area contributed by atoms with Crippen LogP contribution in [0.15, 0.2) is 12.3 Å². The van der Waals surface area contributed by atoms with E-state index in [1.807, 2.05) is 11.7 Å². The number of nitrogens with zero attached hydrogens (tertiary/aromatic N) is 2. The first-order chi connectivity index (χ1) is 7.15. The van der Waals surface area contributed by atoms with Crippen molar-refractivity contribution in [3.05, 3.63) is 18.0 Å². The number of rotatable bonds is 5. The second kappa shape index (κ2) is 3.97. The molecule has 1 saturated carbocycles. The van der Waals surface area contributed by atoms with E-state index < -0.39 is 0 Å². The van der Waals surface area contributed by atoms with Crippen LogP contribution in [0.1, 0.15) is 38.4 Å². The normalized spacial score (nSPS) is 18.4. The second-order valence-corrected chi connectivity index (χ2v) is 5.09. The van der Waals surface area contributed by atoms with Gasteiger partial charge in [0, 0.05) is 18.8 Å². The molecule has 0 saturated heterocycles. The van der Waals surface area contributed by atoms with Crippen molar-refractivity contribution >= 4 is 0 Å². The van der Waals surface area contributed by atoms with E-state index in [1.165, 1.54) is 18.5 Å². The Morgan fingerprint density at radius 2 is 2.27 bits per heavy atom. The van der Waals surface area contributed by atoms with Crippen LogP contribution in [-0.4, -0.2) is 23.4 Å². The summed E-state index contributed by atoms with van der Waals surface area (Å²) >= 11 is 0. The Morgan fingerprint density at radius 1 is 1.53 bits per heavy atom. The zero-order chi connectivity index (χ0) is 10.9. The van der Waals surface area contributed by atoms with Crippen LogP contribution in [0.2, 0.25) is 0 Å². The average Bonchev–Trinajstić information content (AvgIpc) is 2.77. The van der Waals surface area contributed by atoms with Gasteiger partial charge in [-0.15, -0.1) is 0 Å². The zero-order valence-corrected chi connectivity index (χ0v) is 9.95. The molecule has 1 fully saturated rings. The van der Waals surface area contributed by atoms with E-state index in [0.29, 0.717) is 11.5 Å². The quantitative estimate of drug-likeness (QED) is 0.800. The molecule has 2 rings (SSSR count). The lowest BCUT2D eigenvalue weighted by molar-refractivity contribution is 0.461. The third-order valence-corrected chi connectivity index (χ3v) is 3.26. The Hall–Kier alpha value is -0.830. The van der Waals surface area contributed by atoms with E-state index in [1.54, 1.807) is 0 Å². The van der Waals surface area contributed by atoms with E-state index in [4.69, 9.17) is 0 Å². The highest BCUT2D eigenvalue weighted by Gasteiger charge is 2.42. The molecule has 0 atom stereocenters. The molecular weight excluding hydrogens is 186 g/mol. The van der Waals surface area contributed by atoms with Gasteiger partial charge in [-0.1, -0.05) is 0 Å². The number of aromatic nitrogens is 2. The number of hydrogen-bond donors (Lipinski definition) is 1. The minimum atomic E-state index is 0.471. The molecule has 3 nitrogen and oxygen atoms in total. The summed E-state index contributed by atoms with van der Waals surface area (Å²) in [4.78, 5) is 0. The topological polar surface area (TPSA) is 29.9 Å². The molecule has 1 aliphatic rings. The molecule has 15 heavy (non-hydrogen) atoms. The van der Waals surface area contributed by atoms with E-state index in [9.17, 15) is 0 Å². The Kier molecular flexibility index (Phi) is 2.83. The van der Waals surface area contributed by atoms with Crippen LogP contribution in [0.4, 0.5) is 0 Å². The fraction of sp³-hybridized carbons (Fsp3) is 0.750. The van der Waals surface area contributed by atoms with E-state index in [2.05, 4.69) is 36.5 Å². The lowest BCUT2D eigenvalue weighted by Gasteiger charge is -2.12. The van der Waals surface area contributed by atoms with Gasteiger partial charge in [0.1, 0.15) is 0 Å². The highest BCUT2D eigenvalue weighted by Crippen LogP contribution is 2.47. The molecule has 0 unspecified atom stereocenters. The summed E-state index contributed by atoms with van der Waals surface area (Å²) in [6.07, 6.45) is 5.92. The van der Waals surface area contributed by atoms with Crippen molar-refractivity contribution in [3.63, 3.8) is 0 Å². The highest BCUT2D eigenvalue weighted by atomic mass is 15.3. The molecule has 3 heteroatoms. The van der Waals surface area contributed by atoms with E-state index in [-0.39, 0.29) is 0 Å². The molecule has 0 bridgehead atoms. The third kappa shape index (κ3) is 2.40. The summed E-state index contributed by atoms with van der Waals surface area (Å²) in [5.41, 5.74) is 1.77. The monoisotopic (exact) mass is 207 g/mol. The van der Waals surface area contributed by atoms with Gasteiger partial charge in [0.25, 0.3) is 0 Å². The molecule has 0 amide bonds. The standard InChI is InChI=1S/C12H21N3/c1-10(2)15-7-4-11(14-15)8-12(5-6-12)9-13-3/h4,7,10,13H,5-6,8-9H2,1-3H3. The highest BCUT2D eigenvalue weighted by molar-refractivity contribution is 5.09. The molecule has 1 heterocycles. The molecule has 84 valence electrons. The van der Waals surface area contributed by atoms with E-state index in [0.717, 1.165) is 13.0 Å². The van der Waals surface area contributed by atoms with Crippen LogP contribution in [0.25, 0.3) is 0 Å². The molecule has 1 N–H and O–H groups in total. The largest absolute Gasteiger partial charge is 0.319 e. The Morgan fingerprint density at radius 3 is 2.73 bits per heavy atom. The van der Waals surface area contributed by atoms with Gasteiger partial charge in [0.05, 0.1) is 5.69 Å². The van der Waals surface area contributed by atoms with Crippen molar-refractivity contribution in [2.75, 3.05) is 13.6 Å². The van der Waals surface area contributed by atoms with Crippen LogP contribution in [0.3, 0.4) is 0 Å². The molecule has 0 aliphatic heterocycles. The minimum absolute atomic E-state index is 0.471. The van der Waals surface area contributed by atoms with Gasteiger partial charge in [0.2, 0.25) is 0 Å². The summed E-state index contributed by atoms with van der Waals surface area (Å²) in [5, 5.41) is 7.89. The van der Waals surface area contributed by atoms with Gasteiger partial charge in [0.15, 0.2) is 0 Å². The summed E-state index contributed by atoms with van der Waals surface area (Å²) in [6.45, 7) is 5.45. The van der Waals surface area contributed by atoms with Crippen LogP contribution < -0.4 is 5.32 Å². The Bertz CT molecular complexity index is 323. The van der Waals surface area contributed by atoms with Crippen molar-refractivity contribution in [2.24, 2.45) is 5.41 Å². The van der Waals surface area contributed by atoms with Crippen LogP contribution >= 0.6 is 0 Å². The number of nitrogens with one attached hydrogen (secondary N) is 1. The third-order valence-electron chi connectivity index (χ3n) is 3.26. The predicted molar refractivity (Wildman–Crippen MR) is 61.9 cm³/mol. The molecule has 0 aromatic carbocycles.